The molecule has 0 atom stereocenters. The summed E-state index contributed by atoms with van der Waals surface area (Å²) in [5.41, 5.74) is 0.322. The average molecular weight is 315 g/mol. The van der Waals surface area contributed by atoms with Crippen molar-refractivity contribution in [1.82, 2.24) is 4.31 Å². The number of aliphatic carboxylic acids is 1. The molecule has 0 radical (unpaired) electrons. The number of hydrogen-bond donors (Lipinski definition) is 2. The highest BCUT2D eigenvalue weighted by Crippen LogP contribution is 2.21. The van der Waals surface area contributed by atoms with E-state index in [-0.39, 0.29) is 29.8 Å². The number of benzene rings is 1. The fourth-order valence-corrected chi connectivity index (χ4v) is 3.21. The number of carboxylic acid groups (broad SMARTS) is 2. The molecule has 0 saturated heterocycles. The zero-order valence-electron chi connectivity index (χ0n) is 11.7. The largest absolute Gasteiger partial charge is 0.481 e. The van der Waals surface area contributed by atoms with Gasteiger partial charge in [-0.15, -0.1) is 0 Å². The monoisotopic (exact) mass is 315 g/mol. The molecule has 0 saturated carbocycles. The van der Waals surface area contributed by atoms with Gasteiger partial charge in [0.2, 0.25) is 10.0 Å². The number of aryl methyl sites for hydroxylation is 1. The van der Waals surface area contributed by atoms with Gasteiger partial charge < -0.3 is 10.2 Å². The van der Waals surface area contributed by atoms with Crippen LogP contribution in [0.2, 0.25) is 0 Å². The molecule has 0 spiro atoms. The van der Waals surface area contributed by atoms with Crippen LogP contribution in [-0.2, 0) is 14.8 Å². The van der Waals surface area contributed by atoms with Crippen molar-refractivity contribution in [2.24, 2.45) is 0 Å². The quantitative estimate of drug-likeness (QED) is 0.781. The lowest BCUT2D eigenvalue weighted by Crippen LogP contribution is -2.29. The maximum absolute atomic E-state index is 12.4. The molecule has 0 aliphatic carbocycles. The maximum Gasteiger partial charge on any atom is 0.335 e. The highest BCUT2D eigenvalue weighted by Gasteiger charge is 2.23. The van der Waals surface area contributed by atoms with Crippen LogP contribution in [0.4, 0.5) is 0 Å². The van der Waals surface area contributed by atoms with Crippen LogP contribution >= 0.6 is 0 Å². The smallest absolute Gasteiger partial charge is 0.335 e. The zero-order valence-corrected chi connectivity index (χ0v) is 12.6. The van der Waals surface area contributed by atoms with Crippen LogP contribution in [0.5, 0.6) is 0 Å². The zero-order chi connectivity index (χ0) is 16.2. The van der Waals surface area contributed by atoms with Gasteiger partial charge in [0.05, 0.1) is 10.5 Å². The third-order valence-corrected chi connectivity index (χ3v) is 4.99. The first-order valence-corrected chi connectivity index (χ1v) is 7.62. The standard InChI is InChI=1S/C13H17NO6S/c1-9-5-6-10(13(17)18)8-11(9)21(19,20)14(2)7-3-4-12(15)16/h5-6,8H,3-4,7H2,1-2H3,(H,15,16)(H,17,18). The maximum atomic E-state index is 12.4. The van der Waals surface area contributed by atoms with Gasteiger partial charge in [-0.05, 0) is 31.0 Å². The van der Waals surface area contributed by atoms with Gasteiger partial charge in [-0.25, -0.2) is 17.5 Å². The summed E-state index contributed by atoms with van der Waals surface area (Å²) in [4.78, 5) is 21.3. The summed E-state index contributed by atoms with van der Waals surface area (Å²) in [6, 6.07) is 3.88. The summed E-state index contributed by atoms with van der Waals surface area (Å²) in [5, 5.41) is 17.5. The van der Waals surface area contributed by atoms with E-state index in [1.807, 2.05) is 0 Å². The first kappa shape index (κ1) is 17.1. The van der Waals surface area contributed by atoms with Crippen LogP contribution in [0.15, 0.2) is 23.1 Å². The minimum Gasteiger partial charge on any atom is -0.481 e. The summed E-state index contributed by atoms with van der Waals surface area (Å²) in [6.07, 6.45) is 0.0523. The Hall–Kier alpha value is -1.93. The van der Waals surface area contributed by atoms with Gasteiger partial charge in [0.25, 0.3) is 0 Å². The van der Waals surface area contributed by atoms with Crippen LogP contribution in [0.3, 0.4) is 0 Å². The third-order valence-electron chi connectivity index (χ3n) is 2.99. The fraction of sp³-hybridized carbons (Fsp3) is 0.385. The van der Waals surface area contributed by atoms with Gasteiger partial charge in [0.1, 0.15) is 0 Å². The molecule has 116 valence electrons. The minimum atomic E-state index is -3.85. The van der Waals surface area contributed by atoms with Crippen molar-refractivity contribution in [3.8, 4) is 0 Å². The molecule has 7 nitrogen and oxygen atoms in total. The van der Waals surface area contributed by atoms with E-state index in [0.29, 0.717) is 5.56 Å². The summed E-state index contributed by atoms with van der Waals surface area (Å²) >= 11 is 0. The number of hydrogen-bond acceptors (Lipinski definition) is 4. The Morgan fingerprint density at radius 3 is 2.38 bits per heavy atom. The molecule has 8 heteroatoms. The molecule has 1 aromatic carbocycles. The van der Waals surface area contributed by atoms with E-state index in [2.05, 4.69) is 0 Å². The lowest BCUT2D eigenvalue weighted by atomic mass is 10.1. The molecule has 0 aromatic heterocycles. The predicted octanol–water partition coefficient (Wildman–Crippen LogP) is 1.18. The van der Waals surface area contributed by atoms with E-state index in [4.69, 9.17) is 10.2 Å². The number of aromatic carboxylic acids is 1. The van der Waals surface area contributed by atoms with E-state index in [9.17, 15) is 18.0 Å². The van der Waals surface area contributed by atoms with Crippen LogP contribution in [-0.4, -0.2) is 48.5 Å². The van der Waals surface area contributed by atoms with E-state index in [1.54, 1.807) is 6.92 Å². The Morgan fingerprint density at radius 1 is 1.24 bits per heavy atom. The van der Waals surface area contributed by atoms with Crippen LogP contribution in [0, 0.1) is 6.92 Å². The molecule has 21 heavy (non-hydrogen) atoms. The van der Waals surface area contributed by atoms with Crippen molar-refractivity contribution in [1.29, 1.82) is 0 Å². The molecule has 0 unspecified atom stereocenters. The van der Waals surface area contributed by atoms with Gasteiger partial charge in [-0.3, -0.25) is 4.79 Å². The second-order valence-electron chi connectivity index (χ2n) is 4.61. The average Bonchev–Trinajstić information content (AvgIpc) is 2.37. The van der Waals surface area contributed by atoms with E-state index in [1.165, 1.54) is 19.2 Å². The molecule has 1 aromatic rings. The second kappa shape index (κ2) is 6.68. The molecule has 0 aliphatic heterocycles. The van der Waals surface area contributed by atoms with Crippen LogP contribution in [0.25, 0.3) is 0 Å². The molecule has 0 fully saturated rings. The van der Waals surface area contributed by atoms with Gasteiger partial charge >= 0.3 is 11.9 Å². The van der Waals surface area contributed by atoms with Crippen molar-refractivity contribution >= 4 is 22.0 Å². The van der Waals surface area contributed by atoms with Gasteiger partial charge in [-0.2, -0.15) is 0 Å². The van der Waals surface area contributed by atoms with Crippen molar-refractivity contribution in [3.05, 3.63) is 29.3 Å². The highest BCUT2D eigenvalue weighted by atomic mass is 32.2. The molecule has 0 aliphatic rings. The van der Waals surface area contributed by atoms with Crippen molar-refractivity contribution in [2.45, 2.75) is 24.7 Å². The first-order chi connectivity index (χ1) is 9.66. The highest BCUT2D eigenvalue weighted by molar-refractivity contribution is 7.89. The number of nitrogens with zero attached hydrogens (tertiary/aromatic N) is 1. The predicted molar refractivity (Wildman–Crippen MR) is 74.8 cm³/mol. The van der Waals surface area contributed by atoms with Crippen molar-refractivity contribution in [2.75, 3.05) is 13.6 Å². The van der Waals surface area contributed by atoms with Gasteiger partial charge in [-0.1, -0.05) is 6.07 Å². The van der Waals surface area contributed by atoms with Crippen LogP contribution < -0.4 is 0 Å². The molecule has 0 bridgehead atoms. The Kier molecular flexibility index (Phi) is 5.45. The van der Waals surface area contributed by atoms with Crippen molar-refractivity contribution in [3.63, 3.8) is 0 Å². The molecule has 0 amide bonds. The van der Waals surface area contributed by atoms with Crippen molar-refractivity contribution < 1.29 is 28.2 Å². The van der Waals surface area contributed by atoms with Crippen LogP contribution in [0.1, 0.15) is 28.8 Å². The lowest BCUT2D eigenvalue weighted by Gasteiger charge is -2.18. The fourth-order valence-electron chi connectivity index (χ4n) is 1.75. The molecule has 0 heterocycles. The summed E-state index contributed by atoms with van der Waals surface area (Å²) in [6.45, 7) is 1.62. The Bertz CT molecular complexity index is 653. The second-order valence-corrected chi connectivity index (χ2v) is 6.62. The number of rotatable bonds is 7. The Labute approximate surface area is 122 Å². The number of carboxylic acids is 2. The molecule has 1 rings (SSSR count). The normalized spacial score (nSPS) is 11.6. The topological polar surface area (TPSA) is 112 Å². The Morgan fingerprint density at radius 2 is 1.86 bits per heavy atom. The lowest BCUT2D eigenvalue weighted by molar-refractivity contribution is -0.137. The molecular formula is C13H17NO6S. The van der Waals surface area contributed by atoms with E-state index >= 15 is 0 Å². The summed E-state index contributed by atoms with van der Waals surface area (Å²) in [7, 11) is -2.51. The van der Waals surface area contributed by atoms with Gasteiger partial charge in [0.15, 0.2) is 0 Å². The summed E-state index contributed by atoms with van der Waals surface area (Å²) < 4.78 is 25.8. The summed E-state index contributed by atoms with van der Waals surface area (Å²) in [5.74, 6) is -2.20. The number of sulfonamides is 1. The first-order valence-electron chi connectivity index (χ1n) is 6.18. The molecule has 2 N–H and O–H groups in total. The third kappa shape index (κ3) is 4.27. The number of carbonyl (C=O) groups is 2. The molecular weight excluding hydrogens is 298 g/mol. The Balaban J connectivity index is 3.04. The van der Waals surface area contributed by atoms with E-state index in [0.717, 1.165) is 10.4 Å². The van der Waals surface area contributed by atoms with Gasteiger partial charge in [0, 0.05) is 20.0 Å². The van der Waals surface area contributed by atoms with E-state index < -0.39 is 22.0 Å². The SMILES string of the molecule is Cc1ccc(C(=O)O)cc1S(=O)(=O)N(C)CCCC(=O)O. The minimum absolute atomic E-state index is 0.0470.